The molecule has 1 atom stereocenters. The number of unbranched alkanes of at least 4 members (excludes halogenated alkanes) is 19. The normalized spacial score (nSPS) is 14.0. The van der Waals surface area contributed by atoms with Crippen LogP contribution >= 0.6 is 11.3 Å². The van der Waals surface area contributed by atoms with Gasteiger partial charge in [-0.2, -0.15) is 9.94 Å². The standard InChI is InChI=1S/C49H75N7OS/c1-7-11-14-16-18-20-22-24-26-28-35-55(36-29-27-25-23-21-19-17-15-12-8-2)49-52-44(41-33-31-38(5)32-34-41)47(58-49)51-43-39(6)42(37-50)48(57)56-46(43)53-45(54-56)40(10-4)30-13-9-3/h31-34,40H,7-30,35-36H2,1-6H3/b51-43-. The van der Waals surface area contributed by atoms with E-state index in [2.05, 4.69) is 69.9 Å². The molecular weight excluding hydrogens is 735 g/mol. The summed E-state index contributed by atoms with van der Waals surface area (Å²) < 4.78 is 1.32. The number of carbonyl (C=O) groups is 1. The zero-order valence-electron chi connectivity index (χ0n) is 37.2. The molecule has 4 rings (SSSR count). The maximum Gasteiger partial charge on any atom is 0.291 e. The molecule has 0 aliphatic carbocycles. The van der Waals surface area contributed by atoms with Crippen LogP contribution < -0.4 is 4.90 Å². The Balaban J connectivity index is 1.62. The lowest BCUT2D eigenvalue weighted by molar-refractivity contribution is 0.0941. The topological polar surface area (TPSA) is 100 Å². The Bertz CT molecular complexity index is 1740. The molecule has 2 aromatic heterocycles. The van der Waals surface area contributed by atoms with Crippen molar-refractivity contribution in [2.24, 2.45) is 4.99 Å². The highest BCUT2D eigenvalue weighted by molar-refractivity contribution is 7.19. The van der Waals surface area contributed by atoms with E-state index in [1.807, 2.05) is 6.92 Å². The van der Waals surface area contributed by atoms with Gasteiger partial charge in [0.05, 0.1) is 0 Å². The molecule has 1 unspecified atom stereocenters. The lowest BCUT2D eigenvalue weighted by Crippen LogP contribution is -2.28. The molecule has 1 aliphatic rings. The summed E-state index contributed by atoms with van der Waals surface area (Å²) >= 11 is 1.62. The van der Waals surface area contributed by atoms with Gasteiger partial charge in [0, 0.05) is 30.1 Å². The number of aromatic nitrogens is 4. The van der Waals surface area contributed by atoms with Crippen LogP contribution in [0.25, 0.3) is 11.3 Å². The summed E-state index contributed by atoms with van der Waals surface area (Å²) in [6.45, 7) is 14.8. The first-order valence-corrected chi connectivity index (χ1v) is 24.2. The van der Waals surface area contributed by atoms with E-state index in [1.54, 1.807) is 11.3 Å². The van der Waals surface area contributed by atoms with Crippen molar-refractivity contribution in [3.63, 3.8) is 0 Å². The molecule has 0 saturated carbocycles. The zero-order chi connectivity index (χ0) is 41.5. The maximum atomic E-state index is 13.6. The average molecular weight is 810 g/mol. The second kappa shape index (κ2) is 26.5. The molecule has 0 N–H and O–H groups in total. The minimum Gasteiger partial charge on any atom is -0.348 e. The number of aryl methyl sites for hydroxylation is 1. The number of hydrogen-bond donors (Lipinski definition) is 0. The van der Waals surface area contributed by atoms with E-state index in [1.165, 1.54) is 126 Å². The zero-order valence-corrected chi connectivity index (χ0v) is 38.0. The van der Waals surface area contributed by atoms with Crippen molar-refractivity contribution in [1.29, 1.82) is 5.26 Å². The van der Waals surface area contributed by atoms with E-state index >= 15 is 0 Å². The Hall–Kier alpha value is -3.64. The Morgan fingerprint density at radius 1 is 0.724 bits per heavy atom. The van der Waals surface area contributed by atoms with Gasteiger partial charge in [-0.1, -0.05) is 197 Å². The van der Waals surface area contributed by atoms with E-state index < -0.39 is 5.91 Å². The highest BCUT2D eigenvalue weighted by Gasteiger charge is 2.34. The number of nitriles is 1. The van der Waals surface area contributed by atoms with Crippen molar-refractivity contribution in [1.82, 2.24) is 19.7 Å². The van der Waals surface area contributed by atoms with Crippen LogP contribution in [0.1, 0.15) is 217 Å². The van der Waals surface area contributed by atoms with Crippen molar-refractivity contribution in [3.8, 4) is 17.3 Å². The second-order valence-corrected chi connectivity index (χ2v) is 17.7. The quantitative estimate of drug-likeness (QED) is 0.0622. The summed E-state index contributed by atoms with van der Waals surface area (Å²) in [5.74, 6) is 0.785. The third-order valence-corrected chi connectivity index (χ3v) is 12.8. The Kier molecular flexibility index (Phi) is 21.5. The van der Waals surface area contributed by atoms with Crippen LogP contribution in [-0.2, 0) is 0 Å². The molecular formula is C49H75N7OS. The van der Waals surface area contributed by atoms with Crippen LogP contribution in [0.2, 0.25) is 0 Å². The van der Waals surface area contributed by atoms with Gasteiger partial charge >= 0.3 is 0 Å². The Morgan fingerprint density at radius 2 is 1.24 bits per heavy atom. The first-order valence-electron chi connectivity index (χ1n) is 23.4. The number of aliphatic imine (C=N–C) groups is 1. The van der Waals surface area contributed by atoms with Crippen molar-refractivity contribution >= 4 is 33.1 Å². The fourth-order valence-corrected chi connectivity index (χ4v) is 9.00. The number of carbonyl (C=O) groups excluding carboxylic acids is 1. The third-order valence-electron chi connectivity index (χ3n) is 11.8. The maximum absolute atomic E-state index is 13.6. The van der Waals surface area contributed by atoms with Gasteiger partial charge in [0.15, 0.2) is 16.8 Å². The second-order valence-electron chi connectivity index (χ2n) is 16.7. The van der Waals surface area contributed by atoms with Gasteiger partial charge in [-0.3, -0.25) is 4.79 Å². The number of nitrogens with zero attached hydrogens (tertiary/aromatic N) is 7. The molecule has 1 aromatic carbocycles. The minimum absolute atomic E-state index is 0.0643. The number of fused-ring (bicyclic) bond motifs is 1. The minimum atomic E-state index is -0.430. The van der Waals surface area contributed by atoms with Gasteiger partial charge in [0.2, 0.25) is 0 Å². The van der Waals surface area contributed by atoms with Crippen LogP contribution in [0.5, 0.6) is 0 Å². The molecule has 9 heteroatoms. The highest BCUT2D eigenvalue weighted by Crippen LogP contribution is 2.41. The molecule has 58 heavy (non-hydrogen) atoms. The average Bonchev–Trinajstić information content (AvgIpc) is 3.86. The molecule has 1 aliphatic heterocycles. The van der Waals surface area contributed by atoms with E-state index in [-0.39, 0.29) is 11.5 Å². The monoisotopic (exact) mass is 810 g/mol. The van der Waals surface area contributed by atoms with Crippen molar-refractivity contribution < 1.29 is 4.79 Å². The molecule has 318 valence electrons. The highest BCUT2D eigenvalue weighted by atomic mass is 32.1. The molecule has 3 aromatic rings. The van der Waals surface area contributed by atoms with E-state index in [0.29, 0.717) is 22.9 Å². The molecule has 0 bridgehead atoms. The number of benzene rings is 1. The van der Waals surface area contributed by atoms with Gasteiger partial charge in [0.1, 0.15) is 28.0 Å². The van der Waals surface area contributed by atoms with Crippen molar-refractivity contribution in [3.05, 3.63) is 52.6 Å². The summed E-state index contributed by atoms with van der Waals surface area (Å²) in [6, 6.07) is 10.7. The predicted octanol–water partition coefficient (Wildman–Crippen LogP) is 14.7. The summed E-state index contributed by atoms with van der Waals surface area (Å²) in [5.41, 5.74) is 4.15. The number of hydrogen-bond acceptors (Lipinski definition) is 8. The van der Waals surface area contributed by atoms with Gasteiger partial charge in [-0.05, 0) is 39.5 Å². The lowest BCUT2D eigenvalue weighted by Gasteiger charge is -2.22. The lowest BCUT2D eigenvalue weighted by atomic mass is 9.98. The number of anilines is 1. The number of rotatable bonds is 30. The van der Waals surface area contributed by atoms with Crippen LogP contribution in [0.3, 0.4) is 0 Å². The number of thiazole rings is 1. The van der Waals surface area contributed by atoms with Crippen LogP contribution in [0.15, 0.2) is 40.4 Å². The van der Waals surface area contributed by atoms with Crippen molar-refractivity contribution in [2.75, 3.05) is 18.0 Å². The first-order chi connectivity index (χ1) is 28.4. The molecule has 0 spiro atoms. The van der Waals surface area contributed by atoms with E-state index in [9.17, 15) is 10.1 Å². The number of allylic oxidation sites excluding steroid dienone is 2. The fourth-order valence-electron chi connectivity index (χ4n) is 7.98. The summed E-state index contributed by atoms with van der Waals surface area (Å²) in [7, 11) is 0. The van der Waals surface area contributed by atoms with Gasteiger partial charge in [-0.25, -0.2) is 15.0 Å². The fraction of sp³-hybridized carbons (Fsp3) is 0.673. The molecule has 0 amide bonds. The summed E-state index contributed by atoms with van der Waals surface area (Å²) in [4.78, 5) is 31.8. The smallest absolute Gasteiger partial charge is 0.291 e. The Labute approximate surface area is 356 Å². The summed E-state index contributed by atoms with van der Waals surface area (Å²) in [5, 5.41) is 16.7. The third kappa shape index (κ3) is 14.3. The molecule has 8 nitrogen and oxygen atoms in total. The van der Waals surface area contributed by atoms with Gasteiger partial charge in [-0.15, -0.1) is 5.10 Å². The molecule has 0 fully saturated rings. The van der Waals surface area contributed by atoms with E-state index in [0.717, 1.165) is 73.0 Å². The van der Waals surface area contributed by atoms with Gasteiger partial charge < -0.3 is 4.90 Å². The Morgan fingerprint density at radius 3 is 1.74 bits per heavy atom. The molecule has 0 saturated heterocycles. The predicted molar refractivity (Wildman–Crippen MR) is 246 cm³/mol. The van der Waals surface area contributed by atoms with Crippen LogP contribution in [-0.4, -0.2) is 44.5 Å². The van der Waals surface area contributed by atoms with Crippen LogP contribution in [0.4, 0.5) is 10.1 Å². The SMILES string of the molecule is CCCCCCCCCCCCN(CCCCCCCCCCCC)c1nc(-c2ccc(C)cc2)c(/N=C2/C(C)=C(C#N)C(=O)n3nc(C(CC)CCCC)nc32)s1. The van der Waals surface area contributed by atoms with E-state index in [4.69, 9.17) is 20.1 Å². The molecule has 0 radical (unpaired) electrons. The van der Waals surface area contributed by atoms with Crippen molar-refractivity contribution in [2.45, 2.75) is 202 Å². The van der Waals surface area contributed by atoms with Crippen LogP contribution in [0, 0.1) is 18.3 Å². The summed E-state index contributed by atoms with van der Waals surface area (Å²) in [6.07, 6.45) is 30.3. The first kappa shape index (κ1) is 47.0. The molecule has 3 heterocycles. The largest absolute Gasteiger partial charge is 0.348 e. The van der Waals surface area contributed by atoms with Gasteiger partial charge in [0.25, 0.3) is 5.91 Å².